The average molecular weight is 394 g/mol. The highest BCUT2D eigenvalue weighted by molar-refractivity contribution is 6.31. The third-order valence-corrected chi connectivity index (χ3v) is 5.77. The number of halogens is 1. The van der Waals surface area contributed by atoms with Gasteiger partial charge in [-0.25, -0.2) is 9.97 Å². The van der Waals surface area contributed by atoms with Crippen molar-refractivity contribution in [3.63, 3.8) is 0 Å². The summed E-state index contributed by atoms with van der Waals surface area (Å²) < 4.78 is 0. The summed E-state index contributed by atoms with van der Waals surface area (Å²) in [6.45, 7) is 2.66. The highest BCUT2D eigenvalue weighted by atomic mass is 35.5. The zero-order valence-corrected chi connectivity index (χ0v) is 16.5. The molecule has 1 aliphatic rings. The summed E-state index contributed by atoms with van der Waals surface area (Å²) in [4.78, 5) is 13.4. The molecule has 1 aromatic carbocycles. The van der Waals surface area contributed by atoms with Gasteiger partial charge in [0, 0.05) is 35.6 Å². The monoisotopic (exact) mass is 393 g/mol. The van der Waals surface area contributed by atoms with Gasteiger partial charge in [-0.05, 0) is 67.7 Å². The lowest BCUT2D eigenvalue weighted by Gasteiger charge is -2.38. The van der Waals surface area contributed by atoms with Crippen molar-refractivity contribution in [3.05, 3.63) is 82.9 Å². The number of hydrogen-bond donors (Lipinski definition) is 2. The van der Waals surface area contributed by atoms with Gasteiger partial charge in [0.1, 0.15) is 0 Å². The number of piperidine rings is 1. The second kappa shape index (κ2) is 8.67. The molecule has 0 aliphatic carbocycles. The van der Waals surface area contributed by atoms with Crippen LogP contribution in [0.5, 0.6) is 0 Å². The van der Waals surface area contributed by atoms with E-state index in [-0.39, 0.29) is 5.41 Å². The predicted molar refractivity (Wildman–Crippen MR) is 113 cm³/mol. The highest BCUT2D eigenvalue weighted by Gasteiger charge is 2.38. The fraction of sp³-hybridized carbons (Fsp3) is 0.318. The Hall–Kier alpha value is -2.50. The SMILES string of the molecule is Clc1ccccc1C1(c2ccnc(NCCc3ccncc3)n2)CCNCC1. The third-order valence-electron chi connectivity index (χ3n) is 5.44. The fourth-order valence-corrected chi connectivity index (χ4v) is 4.26. The largest absolute Gasteiger partial charge is 0.354 e. The summed E-state index contributed by atoms with van der Waals surface area (Å²) in [5.74, 6) is 0.663. The quantitative estimate of drug-likeness (QED) is 0.666. The normalized spacial score (nSPS) is 15.9. The van der Waals surface area contributed by atoms with Gasteiger partial charge < -0.3 is 10.6 Å². The minimum atomic E-state index is -0.186. The van der Waals surface area contributed by atoms with Crippen molar-refractivity contribution in [1.29, 1.82) is 0 Å². The van der Waals surface area contributed by atoms with Crippen LogP contribution in [0.4, 0.5) is 5.95 Å². The van der Waals surface area contributed by atoms with Crippen molar-refractivity contribution in [1.82, 2.24) is 20.3 Å². The van der Waals surface area contributed by atoms with E-state index in [9.17, 15) is 0 Å². The molecule has 2 N–H and O–H groups in total. The minimum absolute atomic E-state index is 0.186. The number of rotatable bonds is 6. The molecule has 0 bridgehead atoms. The lowest BCUT2D eigenvalue weighted by Crippen LogP contribution is -2.41. The number of benzene rings is 1. The van der Waals surface area contributed by atoms with Gasteiger partial charge in [0.15, 0.2) is 0 Å². The Bertz CT molecular complexity index is 910. The molecule has 3 aromatic rings. The Morgan fingerprint density at radius 2 is 1.79 bits per heavy atom. The van der Waals surface area contributed by atoms with E-state index in [0.29, 0.717) is 5.95 Å². The van der Waals surface area contributed by atoms with Crippen LogP contribution in [-0.4, -0.2) is 34.6 Å². The van der Waals surface area contributed by atoms with Gasteiger partial charge in [0.25, 0.3) is 0 Å². The molecule has 1 saturated heterocycles. The molecule has 6 heteroatoms. The molecule has 144 valence electrons. The first-order valence-electron chi connectivity index (χ1n) is 9.70. The van der Waals surface area contributed by atoms with Crippen molar-refractivity contribution < 1.29 is 0 Å². The van der Waals surface area contributed by atoms with Gasteiger partial charge in [0.2, 0.25) is 5.95 Å². The van der Waals surface area contributed by atoms with E-state index in [1.165, 1.54) is 5.56 Å². The smallest absolute Gasteiger partial charge is 0.222 e. The molecular weight excluding hydrogens is 370 g/mol. The van der Waals surface area contributed by atoms with Gasteiger partial charge in [-0.15, -0.1) is 0 Å². The van der Waals surface area contributed by atoms with E-state index < -0.39 is 0 Å². The van der Waals surface area contributed by atoms with Crippen molar-refractivity contribution in [2.45, 2.75) is 24.7 Å². The molecule has 0 saturated carbocycles. The maximum Gasteiger partial charge on any atom is 0.222 e. The summed E-state index contributed by atoms with van der Waals surface area (Å²) in [7, 11) is 0. The Labute approximate surface area is 170 Å². The van der Waals surface area contributed by atoms with Crippen molar-refractivity contribution in [2.75, 3.05) is 25.0 Å². The van der Waals surface area contributed by atoms with Gasteiger partial charge in [-0.3, -0.25) is 4.98 Å². The van der Waals surface area contributed by atoms with E-state index in [1.807, 2.05) is 48.9 Å². The van der Waals surface area contributed by atoms with Gasteiger partial charge in [-0.2, -0.15) is 0 Å². The Morgan fingerprint density at radius 3 is 2.57 bits per heavy atom. The Morgan fingerprint density at radius 1 is 1.00 bits per heavy atom. The second-order valence-electron chi connectivity index (χ2n) is 7.11. The third kappa shape index (κ3) is 4.01. The number of nitrogens with zero attached hydrogens (tertiary/aromatic N) is 3. The van der Waals surface area contributed by atoms with E-state index in [0.717, 1.165) is 55.2 Å². The maximum absolute atomic E-state index is 6.60. The standard InChI is InChI=1S/C22H24ClN5/c23-19-4-2-1-3-18(19)22(9-15-25-16-10-22)20-8-14-27-21(28-20)26-13-7-17-5-11-24-12-6-17/h1-6,8,11-12,14,25H,7,9-10,13,15-16H2,(H,26,27,28). The lowest BCUT2D eigenvalue weighted by molar-refractivity contribution is 0.354. The van der Waals surface area contributed by atoms with Crippen molar-refractivity contribution in [2.24, 2.45) is 0 Å². The summed E-state index contributed by atoms with van der Waals surface area (Å²) in [5.41, 5.74) is 3.24. The van der Waals surface area contributed by atoms with Crippen LogP contribution < -0.4 is 10.6 Å². The number of aromatic nitrogens is 3. The maximum atomic E-state index is 6.60. The molecule has 5 nitrogen and oxygen atoms in total. The lowest BCUT2D eigenvalue weighted by atomic mass is 9.70. The minimum Gasteiger partial charge on any atom is -0.354 e. The average Bonchev–Trinajstić information content (AvgIpc) is 2.76. The zero-order chi connectivity index (χ0) is 19.2. The summed E-state index contributed by atoms with van der Waals surface area (Å²) in [6.07, 6.45) is 8.30. The molecule has 0 unspecified atom stereocenters. The number of nitrogens with one attached hydrogen (secondary N) is 2. The fourth-order valence-electron chi connectivity index (χ4n) is 3.94. The summed E-state index contributed by atoms with van der Waals surface area (Å²) in [6, 6.07) is 14.2. The first kappa shape index (κ1) is 18.8. The molecule has 3 heterocycles. The van der Waals surface area contributed by atoms with Gasteiger partial charge in [0.05, 0.1) is 5.69 Å². The molecule has 1 fully saturated rings. The molecule has 0 atom stereocenters. The van der Waals surface area contributed by atoms with Crippen LogP contribution in [0.15, 0.2) is 61.1 Å². The molecular formula is C22H24ClN5. The van der Waals surface area contributed by atoms with Gasteiger partial charge >= 0.3 is 0 Å². The van der Waals surface area contributed by atoms with E-state index in [2.05, 4.69) is 32.7 Å². The number of hydrogen-bond acceptors (Lipinski definition) is 5. The molecule has 2 aromatic heterocycles. The van der Waals surface area contributed by atoms with E-state index >= 15 is 0 Å². The first-order chi connectivity index (χ1) is 13.8. The van der Waals surface area contributed by atoms with Crippen molar-refractivity contribution >= 4 is 17.5 Å². The van der Waals surface area contributed by atoms with E-state index in [4.69, 9.17) is 16.6 Å². The van der Waals surface area contributed by atoms with Gasteiger partial charge in [-0.1, -0.05) is 29.8 Å². The van der Waals surface area contributed by atoms with Crippen LogP contribution in [0, 0.1) is 0 Å². The topological polar surface area (TPSA) is 62.7 Å². The summed E-state index contributed by atoms with van der Waals surface area (Å²) in [5, 5.41) is 7.62. The molecule has 28 heavy (non-hydrogen) atoms. The van der Waals surface area contributed by atoms with Crippen molar-refractivity contribution in [3.8, 4) is 0 Å². The van der Waals surface area contributed by atoms with Crippen LogP contribution >= 0.6 is 11.6 Å². The van der Waals surface area contributed by atoms with Crippen LogP contribution in [0.2, 0.25) is 5.02 Å². The molecule has 0 radical (unpaired) electrons. The molecule has 0 amide bonds. The van der Waals surface area contributed by atoms with Crippen LogP contribution in [0.1, 0.15) is 29.7 Å². The van der Waals surface area contributed by atoms with E-state index in [1.54, 1.807) is 0 Å². The molecule has 0 spiro atoms. The second-order valence-corrected chi connectivity index (χ2v) is 7.52. The first-order valence-corrected chi connectivity index (χ1v) is 10.1. The Kier molecular flexibility index (Phi) is 5.84. The van der Waals surface area contributed by atoms with Crippen LogP contribution in [0.3, 0.4) is 0 Å². The number of pyridine rings is 1. The molecule has 1 aliphatic heterocycles. The highest BCUT2D eigenvalue weighted by Crippen LogP contribution is 2.42. The molecule has 4 rings (SSSR count). The van der Waals surface area contributed by atoms with Crippen LogP contribution in [0.25, 0.3) is 0 Å². The number of anilines is 1. The Balaban J connectivity index is 1.58. The zero-order valence-electron chi connectivity index (χ0n) is 15.7. The van der Waals surface area contributed by atoms with Crippen LogP contribution in [-0.2, 0) is 11.8 Å². The summed E-state index contributed by atoms with van der Waals surface area (Å²) >= 11 is 6.60. The predicted octanol–water partition coefficient (Wildman–Crippen LogP) is 3.85.